The van der Waals surface area contributed by atoms with Crippen LogP contribution in [0, 0.1) is 11.3 Å². The third-order valence-electron chi connectivity index (χ3n) is 3.56. The van der Waals surface area contributed by atoms with Gasteiger partial charge < -0.3 is 15.4 Å². The van der Waals surface area contributed by atoms with Crippen molar-refractivity contribution in [3.8, 4) is 6.07 Å². The number of rotatable bonds is 8. The van der Waals surface area contributed by atoms with Gasteiger partial charge in [-0.05, 0) is 36.2 Å². The van der Waals surface area contributed by atoms with E-state index in [1.54, 1.807) is 49.6 Å². The second-order valence-electron chi connectivity index (χ2n) is 5.51. The lowest BCUT2D eigenvalue weighted by molar-refractivity contribution is -0.117. The molecule has 1 aromatic heterocycles. The summed E-state index contributed by atoms with van der Waals surface area (Å²) >= 11 is 0. The van der Waals surface area contributed by atoms with Gasteiger partial charge in [-0.2, -0.15) is 5.26 Å². The molecule has 1 aromatic carbocycles. The van der Waals surface area contributed by atoms with E-state index in [0.29, 0.717) is 25.3 Å². The Kier molecular flexibility index (Phi) is 7.54. The van der Waals surface area contributed by atoms with Gasteiger partial charge in [0.15, 0.2) is 0 Å². The Morgan fingerprint density at radius 1 is 1.19 bits per heavy atom. The van der Waals surface area contributed by atoms with Crippen molar-refractivity contribution >= 4 is 11.9 Å². The number of carbonyl (C=O) groups excluding carboxylic acids is 2. The van der Waals surface area contributed by atoms with Crippen molar-refractivity contribution in [2.75, 3.05) is 6.61 Å². The molecule has 0 fully saturated rings. The van der Waals surface area contributed by atoms with E-state index in [0.717, 1.165) is 11.1 Å². The predicted octanol–water partition coefficient (Wildman–Crippen LogP) is 2.07. The maximum absolute atomic E-state index is 12.1. The number of hydrogen-bond donors (Lipinski definition) is 2. The third kappa shape index (κ3) is 6.29. The lowest BCUT2D eigenvalue weighted by Gasteiger charge is -2.06. The van der Waals surface area contributed by atoms with E-state index in [1.165, 1.54) is 6.20 Å². The number of nitrogens with one attached hydrogen (secondary N) is 2. The summed E-state index contributed by atoms with van der Waals surface area (Å²) in [4.78, 5) is 27.6. The number of hydrogen-bond acceptors (Lipinski definition) is 6. The average molecular weight is 364 g/mol. The highest BCUT2D eigenvalue weighted by Crippen LogP contribution is 2.06. The van der Waals surface area contributed by atoms with E-state index in [4.69, 9.17) is 10.00 Å². The zero-order chi connectivity index (χ0) is 19.5. The van der Waals surface area contributed by atoms with Gasteiger partial charge in [-0.25, -0.2) is 4.79 Å². The van der Waals surface area contributed by atoms with E-state index in [2.05, 4.69) is 15.6 Å². The van der Waals surface area contributed by atoms with Crippen LogP contribution in [0.2, 0.25) is 0 Å². The minimum Gasteiger partial charge on any atom is -0.462 e. The molecule has 0 radical (unpaired) electrons. The molecule has 138 valence electrons. The normalized spacial score (nSPS) is 10.6. The molecule has 0 spiro atoms. The van der Waals surface area contributed by atoms with Gasteiger partial charge in [-0.15, -0.1) is 0 Å². The van der Waals surface area contributed by atoms with Gasteiger partial charge in [-0.3, -0.25) is 9.78 Å². The van der Waals surface area contributed by atoms with E-state index in [-0.39, 0.29) is 11.5 Å². The zero-order valence-electron chi connectivity index (χ0n) is 14.9. The molecule has 1 heterocycles. The number of amides is 1. The van der Waals surface area contributed by atoms with Gasteiger partial charge in [0.25, 0.3) is 5.91 Å². The van der Waals surface area contributed by atoms with Crippen molar-refractivity contribution in [2.24, 2.45) is 0 Å². The summed E-state index contributed by atoms with van der Waals surface area (Å²) < 4.78 is 4.93. The van der Waals surface area contributed by atoms with Crippen LogP contribution in [0.4, 0.5) is 0 Å². The summed E-state index contributed by atoms with van der Waals surface area (Å²) in [5, 5.41) is 14.8. The van der Waals surface area contributed by atoms with Crippen LogP contribution in [0.3, 0.4) is 0 Å². The third-order valence-corrected chi connectivity index (χ3v) is 3.56. The highest BCUT2D eigenvalue weighted by molar-refractivity contribution is 5.97. The van der Waals surface area contributed by atoms with Crippen molar-refractivity contribution in [1.82, 2.24) is 15.6 Å². The number of nitrogens with zero attached hydrogens (tertiary/aromatic N) is 2. The molecule has 2 aromatic rings. The maximum Gasteiger partial charge on any atom is 0.338 e. The monoisotopic (exact) mass is 364 g/mol. The van der Waals surface area contributed by atoms with E-state index in [1.807, 2.05) is 12.1 Å². The molecule has 2 rings (SSSR count). The Hall–Kier alpha value is -3.66. The first-order valence-electron chi connectivity index (χ1n) is 8.41. The SMILES string of the molecule is CCOC(=O)c1ccc(CN/C=C(/C#N)C(=O)NCc2cccnc2)cc1. The van der Waals surface area contributed by atoms with Crippen LogP contribution < -0.4 is 10.6 Å². The smallest absolute Gasteiger partial charge is 0.338 e. The first-order valence-corrected chi connectivity index (χ1v) is 8.41. The van der Waals surface area contributed by atoms with Crippen molar-refractivity contribution in [2.45, 2.75) is 20.0 Å². The molecule has 7 nitrogen and oxygen atoms in total. The van der Waals surface area contributed by atoms with Crippen LogP contribution in [-0.4, -0.2) is 23.5 Å². The maximum atomic E-state index is 12.1. The topological polar surface area (TPSA) is 104 Å². The Balaban J connectivity index is 1.86. The number of esters is 1. The fourth-order valence-corrected chi connectivity index (χ4v) is 2.17. The molecule has 0 saturated heterocycles. The van der Waals surface area contributed by atoms with Gasteiger partial charge in [0.2, 0.25) is 0 Å². The Morgan fingerprint density at radius 3 is 2.59 bits per heavy atom. The predicted molar refractivity (Wildman–Crippen MR) is 99.0 cm³/mol. The highest BCUT2D eigenvalue weighted by atomic mass is 16.5. The number of pyridine rings is 1. The first-order chi connectivity index (χ1) is 13.1. The number of nitriles is 1. The molecule has 27 heavy (non-hydrogen) atoms. The van der Waals surface area contributed by atoms with Gasteiger partial charge in [0.1, 0.15) is 11.6 Å². The second-order valence-corrected chi connectivity index (χ2v) is 5.51. The number of aromatic nitrogens is 1. The molecule has 1 amide bonds. The largest absolute Gasteiger partial charge is 0.462 e. The number of carbonyl (C=O) groups is 2. The fourth-order valence-electron chi connectivity index (χ4n) is 2.17. The molecule has 2 N–H and O–H groups in total. The number of ether oxygens (including phenoxy) is 1. The molecule has 0 aliphatic heterocycles. The lowest BCUT2D eigenvalue weighted by Crippen LogP contribution is -2.25. The molecule has 0 unspecified atom stereocenters. The van der Waals surface area contributed by atoms with Gasteiger partial charge in [0.05, 0.1) is 12.2 Å². The van der Waals surface area contributed by atoms with E-state index in [9.17, 15) is 9.59 Å². The quantitative estimate of drug-likeness (QED) is 0.422. The van der Waals surface area contributed by atoms with Crippen LogP contribution in [0.25, 0.3) is 0 Å². The average Bonchev–Trinajstić information content (AvgIpc) is 2.71. The Bertz CT molecular complexity index is 840. The second kappa shape index (κ2) is 10.4. The summed E-state index contributed by atoms with van der Waals surface area (Å²) in [5.74, 6) is -0.833. The van der Waals surface area contributed by atoms with Crippen molar-refractivity contribution < 1.29 is 14.3 Å². The Morgan fingerprint density at radius 2 is 1.96 bits per heavy atom. The van der Waals surface area contributed by atoms with Crippen LogP contribution in [0.5, 0.6) is 0 Å². The minimum atomic E-state index is -0.466. The summed E-state index contributed by atoms with van der Waals surface area (Å²) in [7, 11) is 0. The van der Waals surface area contributed by atoms with Crippen LogP contribution in [-0.2, 0) is 22.6 Å². The molecule has 7 heteroatoms. The summed E-state index contributed by atoms with van der Waals surface area (Å²) in [6.07, 6.45) is 4.67. The molecule has 0 atom stereocenters. The van der Waals surface area contributed by atoms with Gasteiger partial charge in [-0.1, -0.05) is 18.2 Å². The van der Waals surface area contributed by atoms with Crippen LogP contribution >= 0.6 is 0 Å². The standard InChI is InChI=1S/C20H20N4O3/c1-2-27-20(26)17-7-5-15(6-8-17)11-23-14-18(10-21)19(25)24-13-16-4-3-9-22-12-16/h3-9,12,14,23H,2,11,13H2,1H3,(H,24,25)/b18-14-. The highest BCUT2D eigenvalue weighted by Gasteiger charge is 2.08. The Labute approximate surface area is 157 Å². The molecule has 0 aliphatic carbocycles. The van der Waals surface area contributed by atoms with E-state index >= 15 is 0 Å². The first kappa shape index (κ1) is 19.7. The van der Waals surface area contributed by atoms with Gasteiger partial charge >= 0.3 is 5.97 Å². The molecule has 0 bridgehead atoms. The minimum absolute atomic E-state index is 0.0259. The van der Waals surface area contributed by atoms with Crippen molar-refractivity contribution in [3.63, 3.8) is 0 Å². The summed E-state index contributed by atoms with van der Waals surface area (Å²) in [5.41, 5.74) is 2.19. The summed E-state index contributed by atoms with van der Waals surface area (Å²) in [6.45, 7) is 2.78. The molecular weight excluding hydrogens is 344 g/mol. The van der Waals surface area contributed by atoms with Crippen molar-refractivity contribution in [1.29, 1.82) is 5.26 Å². The van der Waals surface area contributed by atoms with E-state index < -0.39 is 5.91 Å². The van der Waals surface area contributed by atoms with Gasteiger partial charge in [0, 0.05) is 31.7 Å². The molecule has 0 aliphatic rings. The number of benzene rings is 1. The molecule has 0 saturated carbocycles. The lowest BCUT2D eigenvalue weighted by atomic mass is 10.1. The molecular formula is C20H20N4O3. The zero-order valence-corrected chi connectivity index (χ0v) is 14.9. The fraction of sp³-hybridized carbons (Fsp3) is 0.200. The van der Waals surface area contributed by atoms with Crippen LogP contribution in [0.1, 0.15) is 28.4 Å². The summed E-state index contributed by atoms with van der Waals surface area (Å²) in [6, 6.07) is 12.4. The van der Waals surface area contributed by atoms with Crippen LogP contribution in [0.15, 0.2) is 60.6 Å². The van der Waals surface area contributed by atoms with Crippen molar-refractivity contribution in [3.05, 3.63) is 77.3 Å².